The summed E-state index contributed by atoms with van der Waals surface area (Å²) in [5, 5.41) is 2.10. The maximum absolute atomic E-state index is 12.2. The maximum atomic E-state index is 12.2. The molecule has 3 aromatic rings. The van der Waals surface area contributed by atoms with Gasteiger partial charge in [-0.1, -0.05) is 42.5 Å². The molecule has 0 unspecified atom stereocenters. The summed E-state index contributed by atoms with van der Waals surface area (Å²) in [6.45, 7) is -0.171. The number of carbonyl (C=O) groups is 2. The zero-order chi connectivity index (χ0) is 19.3. The van der Waals surface area contributed by atoms with Gasteiger partial charge in [-0.2, -0.15) is 0 Å². The van der Waals surface area contributed by atoms with E-state index in [1.54, 1.807) is 24.3 Å². The molecule has 4 rings (SSSR count). The van der Waals surface area contributed by atoms with Gasteiger partial charge in [0.15, 0.2) is 18.1 Å². The van der Waals surface area contributed by atoms with Crippen molar-refractivity contribution < 1.29 is 23.8 Å². The highest BCUT2D eigenvalue weighted by atomic mass is 16.6. The standard InChI is InChI=1S/C21H18N2O5/c24-20(13-26-16-10-9-14-5-1-2-6-15(14)11-16)22-23-21(25)19-12-27-17-7-3-4-8-18(17)28-19/h1-11,19H,12-13H2,(H,22,24)(H,23,25)/t19-/m1/s1. The molecule has 2 amide bonds. The molecule has 7 nitrogen and oxygen atoms in total. The molecule has 1 atom stereocenters. The largest absolute Gasteiger partial charge is 0.485 e. The van der Waals surface area contributed by atoms with E-state index in [0.29, 0.717) is 17.2 Å². The van der Waals surface area contributed by atoms with Crippen LogP contribution in [0.5, 0.6) is 17.2 Å². The number of fused-ring (bicyclic) bond motifs is 2. The van der Waals surface area contributed by atoms with Crippen LogP contribution in [0.2, 0.25) is 0 Å². The van der Waals surface area contributed by atoms with Gasteiger partial charge >= 0.3 is 0 Å². The molecule has 2 N–H and O–H groups in total. The number of ether oxygens (including phenoxy) is 3. The number of carbonyl (C=O) groups excluding carboxylic acids is 2. The predicted octanol–water partition coefficient (Wildman–Crippen LogP) is 2.21. The lowest BCUT2D eigenvalue weighted by Crippen LogP contribution is -2.51. The highest BCUT2D eigenvalue weighted by Gasteiger charge is 2.27. The van der Waals surface area contributed by atoms with Gasteiger partial charge in [-0.25, -0.2) is 0 Å². The second kappa shape index (κ2) is 7.87. The number of nitrogens with one attached hydrogen (secondary N) is 2. The molecule has 0 aliphatic carbocycles. The summed E-state index contributed by atoms with van der Waals surface area (Å²) < 4.78 is 16.5. The topological polar surface area (TPSA) is 85.9 Å². The van der Waals surface area contributed by atoms with Crippen LogP contribution < -0.4 is 25.1 Å². The van der Waals surface area contributed by atoms with Crippen LogP contribution in [0.4, 0.5) is 0 Å². The van der Waals surface area contributed by atoms with Crippen molar-refractivity contribution >= 4 is 22.6 Å². The van der Waals surface area contributed by atoms with Gasteiger partial charge in [-0.15, -0.1) is 0 Å². The Morgan fingerprint density at radius 1 is 0.929 bits per heavy atom. The fraction of sp³-hybridized carbons (Fsp3) is 0.143. The highest BCUT2D eigenvalue weighted by molar-refractivity contribution is 5.86. The van der Waals surface area contributed by atoms with Gasteiger partial charge in [0.2, 0.25) is 6.10 Å². The monoisotopic (exact) mass is 378 g/mol. The third-order valence-corrected chi connectivity index (χ3v) is 4.22. The van der Waals surface area contributed by atoms with Crippen molar-refractivity contribution in [1.82, 2.24) is 10.9 Å². The number of benzene rings is 3. The zero-order valence-corrected chi connectivity index (χ0v) is 14.9. The molecular formula is C21H18N2O5. The van der Waals surface area contributed by atoms with E-state index in [4.69, 9.17) is 14.2 Å². The highest BCUT2D eigenvalue weighted by Crippen LogP contribution is 2.30. The van der Waals surface area contributed by atoms with Gasteiger partial charge in [-0.3, -0.25) is 20.4 Å². The molecule has 0 fully saturated rings. The van der Waals surface area contributed by atoms with Crippen LogP contribution in [-0.2, 0) is 9.59 Å². The Morgan fingerprint density at radius 2 is 1.68 bits per heavy atom. The second-order valence-electron chi connectivity index (χ2n) is 6.20. The van der Waals surface area contributed by atoms with Crippen molar-refractivity contribution in [3.05, 3.63) is 66.7 Å². The Balaban J connectivity index is 1.25. The van der Waals surface area contributed by atoms with Gasteiger partial charge in [0.25, 0.3) is 11.8 Å². The van der Waals surface area contributed by atoms with E-state index >= 15 is 0 Å². The van der Waals surface area contributed by atoms with E-state index in [1.807, 2.05) is 42.5 Å². The maximum Gasteiger partial charge on any atom is 0.283 e. The van der Waals surface area contributed by atoms with Crippen molar-refractivity contribution in [3.63, 3.8) is 0 Å². The summed E-state index contributed by atoms with van der Waals surface area (Å²) in [5.74, 6) is 0.646. The first-order chi connectivity index (χ1) is 13.7. The van der Waals surface area contributed by atoms with Crippen LogP contribution >= 0.6 is 0 Å². The fourth-order valence-corrected chi connectivity index (χ4v) is 2.80. The lowest BCUT2D eigenvalue weighted by atomic mass is 10.1. The van der Waals surface area contributed by atoms with Gasteiger partial charge in [0.05, 0.1) is 0 Å². The molecule has 7 heteroatoms. The van der Waals surface area contributed by atoms with Gasteiger partial charge < -0.3 is 14.2 Å². The summed E-state index contributed by atoms with van der Waals surface area (Å²) in [4.78, 5) is 24.1. The molecule has 1 aliphatic heterocycles. The Morgan fingerprint density at radius 3 is 2.54 bits per heavy atom. The van der Waals surface area contributed by atoms with Crippen LogP contribution in [0.15, 0.2) is 66.7 Å². The summed E-state index contributed by atoms with van der Waals surface area (Å²) >= 11 is 0. The van der Waals surface area contributed by atoms with Crippen molar-refractivity contribution in [3.8, 4) is 17.2 Å². The number of amides is 2. The van der Waals surface area contributed by atoms with Crippen LogP contribution in [0.3, 0.4) is 0 Å². The molecule has 0 saturated carbocycles. The number of para-hydroxylation sites is 2. The molecule has 142 valence electrons. The Bertz CT molecular complexity index is 1020. The third-order valence-electron chi connectivity index (χ3n) is 4.22. The summed E-state index contributed by atoms with van der Waals surface area (Å²) in [5.41, 5.74) is 4.64. The van der Waals surface area contributed by atoms with Gasteiger partial charge in [0, 0.05) is 0 Å². The van der Waals surface area contributed by atoms with E-state index in [1.165, 1.54) is 0 Å². The van der Waals surface area contributed by atoms with Crippen molar-refractivity contribution in [2.75, 3.05) is 13.2 Å². The SMILES string of the molecule is O=C(COc1ccc2ccccc2c1)NNC(=O)[C@H]1COc2ccccc2O1. The van der Waals surface area contributed by atoms with Gasteiger partial charge in [-0.05, 0) is 35.0 Å². The average molecular weight is 378 g/mol. The van der Waals surface area contributed by atoms with E-state index < -0.39 is 17.9 Å². The molecule has 1 aliphatic rings. The molecule has 28 heavy (non-hydrogen) atoms. The van der Waals surface area contributed by atoms with E-state index in [2.05, 4.69) is 10.9 Å². The van der Waals surface area contributed by atoms with Crippen molar-refractivity contribution in [2.24, 2.45) is 0 Å². The van der Waals surface area contributed by atoms with Crippen LogP contribution in [-0.4, -0.2) is 31.1 Å². The van der Waals surface area contributed by atoms with Crippen LogP contribution in [0.25, 0.3) is 10.8 Å². The Kier molecular flexibility index (Phi) is 4.97. The molecule has 0 aromatic heterocycles. The minimum absolute atomic E-state index is 0.0618. The first-order valence-corrected chi connectivity index (χ1v) is 8.78. The van der Waals surface area contributed by atoms with E-state index in [0.717, 1.165) is 10.8 Å². The second-order valence-corrected chi connectivity index (χ2v) is 6.20. The predicted molar refractivity (Wildman–Crippen MR) is 102 cm³/mol. The zero-order valence-electron chi connectivity index (χ0n) is 14.9. The van der Waals surface area contributed by atoms with Crippen LogP contribution in [0.1, 0.15) is 0 Å². The molecule has 0 radical (unpaired) electrons. The van der Waals surface area contributed by atoms with Gasteiger partial charge in [0.1, 0.15) is 12.4 Å². The number of hydrogen-bond acceptors (Lipinski definition) is 5. The summed E-state index contributed by atoms with van der Waals surface area (Å²) in [7, 11) is 0. The quantitative estimate of drug-likeness (QED) is 0.680. The summed E-state index contributed by atoms with van der Waals surface area (Å²) in [6, 6.07) is 20.5. The number of hydrogen-bond donors (Lipinski definition) is 2. The van der Waals surface area contributed by atoms with Crippen molar-refractivity contribution in [1.29, 1.82) is 0 Å². The number of hydrazine groups is 1. The van der Waals surface area contributed by atoms with E-state index in [9.17, 15) is 9.59 Å². The average Bonchev–Trinajstić information content (AvgIpc) is 2.75. The minimum Gasteiger partial charge on any atom is -0.485 e. The fourth-order valence-electron chi connectivity index (χ4n) is 2.80. The van der Waals surface area contributed by atoms with E-state index in [-0.39, 0.29) is 13.2 Å². The lowest BCUT2D eigenvalue weighted by Gasteiger charge is -2.25. The van der Waals surface area contributed by atoms with Crippen LogP contribution in [0, 0.1) is 0 Å². The Hall–Kier alpha value is -3.74. The molecule has 0 spiro atoms. The number of rotatable bonds is 4. The lowest BCUT2D eigenvalue weighted by molar-refractivity contribution is -0.135. The molecule has 0 bridgehead atoms. The first kappa shape index (κ1) is 17.7. The molecule has 0 saturated heterocycles. The summed E-state index contributed by atoms with van der Waals surface area (Å²) in [6.07, 6.45) is -0.850. The molecule has 1 heterocycles. The van der Waals surface area contributed by atoms with Crippen molar-refractivity contribution in [2.45, 2.75) is 6.10 Å². The molecule has 3 aromatic carbocycles. The molecular weight excluding hydrogens is 360 g/mol. The first-order valence-electron chi connectivity index (χ1n) is 8.78. The normalized spacial score (nSPS) is 14.9. The third kappa shape index (κ3) is 3.98. The smallest absolute Gasteiger partial charge is 0.283 e. The minimum atomic E-state index is -0.850. The Labute approximate surface area is 161 Å².